The van der Waals surface area contributed by atoms with Crippen LogP contribution < -0.4 is 10.9 Å². The molecule has 0 radical (unpaired) electrons. The van der Waals surface area contributed by atoms with Crippen LogP contribution in [0.4, 0.5) is 16.3 Å². The molecule has 10 nitrogen and oxygen atoms in total. The molecule has 2 heterocycles. The summed E-state index contributed by atoms with van der Waals surface area (Å²) < 4.78 is 4.99. The van der Waals surface area contributed by atoms with E-state index in [1.54, 1.807) is 11.8 Å². The number of nitro benzene ring substituents is 1. The molecule has 1 aromatic carbocycles. The first kappa shape index (κ1) is 17.6. The summed E-state index contributed by atoms with van der Waals surface area (Å²) in [6.45, 7) is 3.18. The Bertz CT molecular complexity index is 888. The number of nitrogens with one attached hydrogen (secondary N) is 2. The Kier molecular flexibility index (Phi) is 5.01. The molecule has 0 atom stereocenters. The molecule has 1 aliphatic heterocycles. The summed E-state index contributed by atoms with van der Waals surface area (Å²) in [6.07, 6.45) is 1.03. The van der Waals surface area contributed by atoms with Crippen LogP contribution in [0.2, 0.25) is 0 Å². The molecule has 138 valence electrons. The summed E-state index contributed by atoms with van der Waals surface area (Å²) in [6, 6.07) is 4.08. The molecule has 10 heteroatoms. The van der Waals surface area contributed by atoms with Crippen LogP contribution in [0.3, 0.4) is 0 Å². The highest BCUT2D eigenvalue weighted by Gasteiger charge is 2.24. The predicted molar refractivity (Wildman–Crippen MR) is 94.3 cm³/mol. The van der Waals surface area contributed by atoms with Gasteiger partial charge in [0.15, 0.2) is 5.82 Å². The third kappa shape index (κ3) is 3.58. The van der Waals surface area contributed by atoms with Crippen molar-refractivity contribution in [3.8, 4) is 0 Å². The van der Waals surface area contributed by atoms with Crippen LogP contribution in [0, 0.1) is 10.1 Å². The minimum Gasteiger partial charge on any atom is -0.450 e. The van der Waals surface area contributed by atoms with Gasteiger partial charge < -0.3 is 15.0 Å². The normalized spacial score (nSPS) is 15.0. The van der Waals surface area contributed by atoms with Crippen molar-refractivity contribution in [2.75, 3.05) is 25.0 Å². The lowest BCUT2D eigenvalue weighted by Crippen LogP contribution is -2.42. The fraction of sp³-hybridized carbons (Fsp3) is 0.438. The zero-order valence-corrected chi connectivity index (χ0v) is 14.2. The van der Waals surface area contributed by atoms with E-state index in [1.165, 1.54) is 18.2 Å². The maximum Gasteiger partial charge on any atom is 0.409 e. The number of rotatable bonds is 4. The van der Waals surface area contributed by atoms with E-state index in [0.29, 0.717) is 49.1 Å². The van der Waals surface area contributed by atoms with Crippen LogP contribution in [0.1, 0.15) is 19.8 Å². The lowest BCUT2D eigenvalue weighted by molar-refractivity contribution is -0.384. The maximum atomic E-state index is 11.9. The molecule has 3 rings (SSSR count). The fourth-order valence-electron chi connectivity index (χ4n) is 2.99. The lowest BCUT2D eigenvalue weighted by atomic mass is 10.0. The molecule has 0 saturated carbocycles. The monoisotopic (exact) mass is 361 g/mol. The van der Waals surface area contributed by atoms with Crippen LogP contribution in [0.25, 0.3) is 10.8 Å². The van der Waals surface area contributed by atoms with E-state index in [9.17, 15) is 19.7 Å². The van der Waals surface area contributed by atoms with Gasteiger partial charge in [0.1, 0.15) is 0 Å². The summed E-state index contributed by atoms with van der Waals surface area (Å²) in [5.41, 5.74) is -0.511. The van der Waals surface area contributed by atoms with Crippen molar-refractivity contribution in [3.05, 3.63) is 38.7 Å². The lowest BCUT2D eigenvalue weighted by Gasteiger charge is -2.31. The Morgan fingerprint density at radius 2 is 2.15 bits per heavy atom. The molecule has 26 heavy (non-hydrogen) atoms. The van der Waals surface area contributed by atoms with Gasteiger partial charge in [0, 0.05) is 36.7 Å². The Balaban J connectivity index is 1.78. The van der Waals surface area contributed by atoms with Crippen molar-refractivity contribution in [1.82, 2.24) is 15.1 Å². The zero-order chi connectivity index (χ0) is 18.7. The van der Waals surface area contributed by atoms with Crippen molar-refractivity contribution < 1.29 is 14.5 Å². The van der Waals surface area contributed by atoms with Gasteiger partial charge >= 0.3 is 6.09 Å². The second-order valence-electron chi connectivity index (χ2n) is 5.99. The largest absolute Gasteiger partial charge is 0.450 e. The number of hydrogen-bond donors (Lipinski definition) is 2. The molecule has 2 N–H and O–H groups in total. The van der Waals surface area contributed by atoms with E-state index in [2.05, 4.69) is 15.5 Å². The highest BCUT2D eigenvalue weighted by molar-refractivity contribution is 5.92. The number of ether oxygens (including phenoxy) is 1. The number of aromatic nitrogens is 2. The number of anilines is 1. The van der Waals surface area contributed by atoms with E-state index in [-0.39, 0.29) is 17.8 Å². The fourth-order valence-corrected chi connectivity index (χ4v) is 2.99. The van der Waals surface area contributed by atoms with Crippen molar-refractivity contribution >= 4 is 28.4 Å². The van der Waals surface area contributed by atoms with Crippen LogP contribution in [0.5, 0.6) is 0 Å². The van der Waals surface area contributed by atoms with E-state index in [4.69, 9.17) is 4.74 Å². The number of aromatic amines is 1. The SMILES string of the molecule is CCOC(=O)N1CCC(Nc2n[nH]c(=O)c3ccc([N+](=O)[O-])cc23)CC1. The average molecular weight is 361 g/mol. The van der Waals surface area contributed by atoms with Gasteiger partial charge in [-0.1, -0.05) is 0 Å². The first-order chi connectivity index (χ1) is 12.5. The van der Waals surface area contributed by atoms with Gasteiger partial charge in [-0.25, -0.2) is 9.89 Å². The summed E-state index contributed by atoms with van der Waals surface area (Å²) in [5, 5.41) is 21.4. The standard InChI is InChI=1S/C16H19N5O5/c1-2-26-16(23)20-7-5-10(6-8-20)17-14-13-9-11(21(24)25)3-4-12(13)15(22)19-18-14/h3-4,9-10H,2,5-8H2,1H3,(H,17,18)(H,19,22). The first-order valence-corrected chi connectivity index (χ1v) is 8.34. The van der Waals surface area contributed by atoms with Crippen molar-refractivity contribution in [3.63, 3.8) is 0 Å². The van der Waals surface area contributed by atoms with Gasteiger partial charge in [0.2, 0.25) is 0 Å². The van der Waals surface area contributed by atoms with Gasteiger partial charge in [-0.3, -0.25) is 14.9 Å². The number of benzene rings is 1. The van der Waals surface area contributed by atoms with Crippen molar-refractivity contribution in [1.29, 1.82) is 0 Å². The Morgan fingerprint density at radius 3 is 2.81 bits per heavy atom. The topological polar surface area (TPSA) is 130 Å². The number of carbonyl (C=O) groups is 1. The number of non-ortho nitro benzene ring substituents is 1. The molecule has 1 fully saturated rings. The molecular weight excluding hydrogens is 342 g/mol. The molecule has 1 aromatic heterocycles. The Morgan fingerprint density at radius 1 is 1.42 bits per heavy atom. The summed E-state index contributed by atoms with van der Waals surface area (Å²) in [4.78, 5) is 35.8. The molecule has 2 aromatic rings. The highest BCUT2D eigenvalue weighted by Crippen LogP contribution is 2.25. The van der Waals surface area contributed by atoms with Gasteiger partial charge in [0.05, 0.1) is 16.9 Å². The summed E-state index contributed by atoms with van der Waals surface area (Å²) in [5.74, 6) is 0.387. The third-order valence-electron chi connectivity index (χ3n) is 4.34. The minimum absolute atomic E-state index is 0.0292. The van der Waals surface area contributed by atoms with Gasteiger partial charge in [-0.15, -0.1) is 0 Å². The maximum absolute atomic E-state index is 11.9. The quantitative estimate of drug-likeness (QED) is 0.628. The average Bonchev–Trinajstić information content (AvgIpc) is 2.64. The number of likely N-dealkylation sites (tertiary alicyclic amines) is 1. The van der Waals surface area contributed by atoms with Gasteiger partial charge in [0.25, 0.3) is 11.2 Å². The number of carbonyl (C=O) groups excluding carboxylic acids is 1. The Labute approximate surface area is 148 Å². The number of piperidine rings is 1. The van der Waals surface area contributed by atoms with Crippen LogP contribution in [0.15, 0.2) is 23.0 Å². The van der Waals surface area contributed by atoms with E-state index in [0.717, 1.165) is 0 Å². The molecule has 0 aliphatic carbocycles. The van der Waals surface area contributed by atoms with Crippen molar-refractivity contribution in [2.24, 2.45) is 0 Å². The van der Waals surface area contributed by atoms with E-state index in [1.807, 2.05) is 0 Å². The molecule has 0 spiro atoms. The summed E-state index contributed by atoms with van der Waals surface area (Å²) in [7, 11) is 0. The zero-order valence-electron chi connectivity index (χ0n) is 14.2. The summed E-state index contributed by atoms with van der Waals surface area (Å²) >= 11 is 0. The molecule has 1 amide bonds. The molecule has 0 bridgehead atoms. The van der Waals surface area contributed by atoms with Crippen LogP contribution in [-0.4, -0.2) is 51.9 Å². The first-order valence-electron chi connectivity index (χ1n) is 8.34. The minimum atomic E-state index is -0.512. The van der Waals surface area contributed by atoms with Crippen LogP contribution >= 0.6 is 0 Å². The third-order valence-corrected chi connectivity index (χ3v) is 4.34. The number of nitrogens with zero attached hydrogens (tertiary/aromatic N) is 3. The second kappa shape index (κ2) is 7.38. The molecule has 1 aliphatic rings. The Hall–Kier alpha value is -3.17. The number of nitro groups is 1. The van der Waals surface area contributed by atoms with Crippen molar-refractivity contribution in [2.45, 2.75) is 25.8 Å². The predicted octanol–water partition coefficient (Wildman–Crippen LogP) is 1.86. The number of fused-ring (bicyclic) bond motifs is 1. The number of amides is 1. The highest BCUT2D eigenvalue weighted by atomic mass is 16.6. The van der Waals surface area contributed by atoms with E-state index >= 15 is 0 Å². The van der Waals surface area contributed by atoms with Gasteiger partial charge in [-0.2, -0.15) is 5.10 Å². The number of hydrogen-bond acceptors (Lipinski definition) is 7. The number of H-pyrrole nitrogens is 1. The smallest absolute Gasteiger partial charge is 0.409 e. The van der Waals surface area contributed by atoms with Gasteiger partial charge in [-0.05, 0) is 25.8 Å². The van der Waals surface area contributed by atoms with E-state index < -0.39 is 10.5 Å². The second-order valence-corrected chi connectivity index (χ2v) is 5.99. The van der Waals surface area contributed by atoms with Crippen LogP contribution in [-0.2, 0) is 4.74 Å². The molecular formula is C16H19N5O5. The molecule has 1 saturated heterocycles. The molecule has 0 unspecified atom stereocenters.